The Morgan fingerprint density at radius 1 is 1.00 bits per heavy atom. The third-order valence-corrected chi connectivity index (χ3v) is 5.17. The number of aromatic hydroxyl groups is 2. The number of phenolic OH excluding ortho intramolecular Hbond substituents is 2. The molecule has 0 aromatic heterocycles. The summed E-state index contributed by atoms with van der Waals surface area (Å²) in [4.78, 5) is 22.3. The summed E-state index contributed by atoms with van der Waals surface area (Å²) >= 11 is 0. The molecule has 0 aliphatic carbocycles. The van der Waals surface area contributed by atoms with Gasteiger partial charge in [-0.05, 0) is 78.4 Å². The van der Waals surface area contributed by atoms with E-state index in [-0.39, 0.29) is 17.2 Å². The molecule has 0 heterocycles. The Bertz CT molecular complexity index is 899. The van der Waals surface area contributed by atoms with E-state index in [1.807, 2.05) is 19.1 Å². The maximum atomic E-state index is 11.2. The van der Waals surface area contributed by atoms with Gasteiger partial charge in [0.25, 0.3) is 0 Å². The molecule has 3 N–H and O–H groups in total. The third kappa shape index (κ3) is 10.3. The molecule has 0 aliphatic rings. The molecule has 1 aromatic carbocycles. The van der Waals surface area contributed by atoms with Crippen LogP contribution in [0.1, 0.15) is 75.7 Å². The number of benzene rings is 1. The lowest BCUT2D eigenvalue weighted by molar-refractivity contribution is -0.110. The number of rotatable bonds is 13. The molecule has 1 unspecified atom stereocenters. The SMILES string of the molecule is CC(C)=CCCC(C=O)C=CCC(C)=CCCC(C)=CCc1cc(C(=O)O)cc(O)c1O. The Kier molecular flexibility index (Phi) is 11.9. The molecule has 5 heteroatoms. The number of allylic oxidation sites excluding steroid dienone is 8. The van der Waals surface area contributed by atoms with E-state index < -0.39 is 11.7 Å². The number of aldehydes is 1. The molecule has 0 spiro atoms. The van der Waals surface area contributed by atoms with Crippen LogP contribution in [0.5, 0.6) is 11.5 Å². The third-order valence-electron chi connectivity index (χ3n) is 5.17. The molecule has 0 fully saturated rings. The quantitative estimate of drug-likeness (QED) is 0.184. The van der Waals surface area contributed by atoms with Gasteiger partial charge in [0.1, 0.15) is 6.29 Å². The molecule has 1 aromatic rings. The smallest absolute Gasteiger partial charge is 0.335 e. The molecular weight excluding hydrogens is 404 g/mol. The van der Waals surface area contributed by atoms with Crippen LogP contribution in [0, 0.1) is 5.92 Å². The fourth-order valence-electron chi connectivity index (χ4n) is 3.18. The lowest BCUT2D eigenvalue weighted by Crippen LogP contribution is -1.98. The minimum absolute atomic E-state index is 0.0425. The summed E-state index contributed by atoms with van der Waals surface area (Å²) in [5.74, 6) is -1.90. The van der Waals surface area contributed by atoms with E-state index in [4.69, 9.17) is 5.11 Å². The predicted octanol–water partition coefficient (Wildman–Crippen LogP) is 6.52. The Hall–Kier alpha value is -3.08. The average Bonchev–Trinajstić information content (AvgIpc) is 2.73. The fourth-order valence-corrected chi connectivity index (χ4v) is 3.18. The standard InChI is InChI=1S/C27H36O5/c1-19(2)8-5-12-22(18-28)13-7-11-20(3)9-6-10-21(4)14-15-23-16-24(27(31)32)17-25(29)26(23)30/h7-9,13-14,16-18,22,29-30H,5-6,10-12,15H2,1-4H3,(H,31,32). The Morgan fingerprint density at radius 3 is 2.34 bits per heavy atom. The first kappa shape index (κ1) is 27.0. The van der Waals surface area contributed by atoms with E-state index in [1.165, 1.54) is 17.2 Å². The summed E-state index contributed by atoms with van der Waals surface area (Å²) in [5, 5.41) is 28.8. The Balaban J connectivity index is 2.54. The van der Waals surface area contributed by atoms with Crippen LogP contribution in [-0.2, 0) is 11.2 Å². The molecule has 0 aliphatic heterocycles. The van der Waals surface area contributed by atoms with Gasteiger partial charge in [-0.15, -0.1) is 0 Å². The lowest BCUT2D eigenvalue weighted by Gasteiger charge is -2.07. The van der Waals surface area contributed by atoms with Crippen molar-refractivity contribution in [3.63, 3.8) is 0 Å². The second-order valence-corrected chi connectivity index (χ2v) is 8.44. The van der Waals surface area contributed by atoms with Crippen LogP contribution in [0.25, 0.3) is 0 Å². The first-order valence-corrected chi connectivity index (χ1v) is 11.0. The number of hydrogen-bond acceptors (Lipinski definition) is 4. The normalized spacial score (nSPS) is 13.2. The number of aromatic carboxylic acids is 1. The molecule has 0 saturated carbocycles. The van der Waals surface area contributed by atoms with Crippen molar-refractivity contribution in [1.82, 2.24) is 0 Å². The summed E-state index contributed by atoms with van der Waals surface area (Å²) < 4.78 is 0. The Labute approximate surface area is 191 Å². The highest BCUT2D eigenvalue weighted by molar-refractivity contribution is 5.89. The topological polar surface area (TPSA) is 94.8 Å². The molecule has 0 amide bonds. The molecule has 0 saturated heterocycles. The number of carboxylic acids is 1. The number of hydrogen-bond donors (Lipinski definition) is 3. The average molecular weight is 441 g/mol. The van der Waals surface area contributed by atoms with Crippen molar-refractivity contribution in [2.45, 2.75) is 66.2 Å². The molecule has 32 heavy (non-hydrogen) atoms. The highest BCUT2D eigenvalue weighted by Gasteiger charge is 2.12. The van der Waals surface area contributed by atoms with Gasteiger partial charge in [0.2, 0.25) is 0 Å². The Morgan fingerprint density at radius 2 is 1.72 bits per heavy atom. The number of carbonyl (C=O) groups excluding carboxylic acids is 1. The predicted molar refractivity (Wildman–Crippen MR) is 129 cm³/mol. The van der Waals surface area contributed by atoms with E-state index in [1.54, 1.807) is 0 Å². The van der Waals surface area contributed by atoms with E-state index in [0.717, 1.165) is 50.0 Å². The van der Waals surface area contributed by atoms with Crippen LogP contribution in [-0.4, -0.2) is 27.6 Å². The molecule has 1 atom stereocenters. The number of carboxylic acid groups (broad SMARTS) is 1. The maximum Gasteiger partial charge on any atom is 0.335 e. The fraction of sp³-hybridized carbons (Fsp3) is 0.407. The summed E-state index contributed by atoms with van der Waals surface area (Å²) in [5.41, 5.74) is 3.95. The van der Waals surface area contributed by atoms with Crippen LogP contribution >= 0.6 is 0 Å². The largest absolute Gasteiger partial charge is 0.504 e. The van der Waals surface area contributed by atoms with Crippen molar-refractivity contribution in [1.29, 1.82) is 0 Å². The van der Waals surface area contributed by atoms with Gasteiger partial charge >= 0.3 is 5.97 Å². The van der Waals surface area contributed by atoms with Crippen LogP contribution in [0.3, 0.4) is 0 Å². The number of carbonyl (C=O) groups is 2. The molecular formula is C27H36O5. The summed E-state index contributed by atoms with van der Waals surface area (Å²) in [6.45, 7) is 8.17. The van der Waals surface area contributed by atoms with Crippen molar-refractivity contribution in [3.8, 4) is 11.5 Å². The van der Waals surface area contributed by atoms with Crippen LogP contribution in [0.15, 0.2) is 59.2 Å². The summed E-state index contributed by atoms with van der Waals surface area (Å²) in [7, 11) is 0. The highest BCUT2D eigenvalue weighted by Crippen LogP contribution is 2.31. The van der Waals surface area contributed by atoms with Crippen LogP contribution in [0.4, 0.5) is 0 Å². The van der Waals surface area contributed by atoms with Crippen LogP contribution < -0.4 is 0 Å². The highest BCUT2D eigenvalue weighted by atomic mass is 16.4. The van der Waals surface area contributed by atoms with Crippen molar-refractivity contribution in [2.75, 3.05) is 0 Å². The van der Waals surface area contributed by atoms with E-state index in [2.05, 4.69) is 39.0 Å². The monoisotopic (exact) mass is 440 g/mol. The van der Waals surface area contributed by atoms with Gasteiger partial charge in [0, 0.05) is 11.5 Å². The maximum absolute atomic E-state index is 11.2. The van der Waals surface area contributed by atoms with E-state index in [9.17, 15) is 19.8 Å². The molecule has 1 rings (SSSR count). The summed E-state index contributed by atoms with van der Waals surface area (Å²) in [6.07, 6.45) is 15.9. The molecule has 0 bridgehead atoms. The zero-order valence-corrected chi connectivity index (χ0v) is 19.6. The van der Waals surface area contributed by atoms with Crippen LogP contribution in [0.2, 0.25) is 0 Å². The summed E-state index contributed by atoms with van der Waals surface area (Å²) in [6, 6.07) is 2.42. The van der Waals surface area contributed by atoms with E-state index >= 15 is 0 Å². The first-order valence-electron chi connectivity index (χ1n) is 11.0. The first-order chi connectivity index (χ1) is 15.1. The minimum atomic E-state index is -1.15. The van der Waals surface area contributed by atoms with Gasteiger partial charge in [0.05, 0.1) is 5.56 Å². The van der Waals surface area contributed by atoms with Crippen molar-refractivity contribution >= 4 is 12.3 Å². The second kappa shape index (κ2) is 14.1. The zero-order valence-electron chi connectivity index (χ0n) is 19.6. The zero-order chi connectivity index (χ0) is 24.1. The van der Waals surface area contributed by atoms with Gasteiger partial charge in [-0.2, -0.15) is 0 Å². The molecule has 0 radical (unpaired) electrons. The lowest BCUT2D eigenvalue weighted by atomic mass is 10.0. The van der Waals surface area contributed by atoms with Crippen molar-refractivity contribution in [3.05, 3.63) is 70.4 Å². The minimum Gasteiger partial charge on any atom is -0.504 e. The van der Waals surface area contributed by atoms with Gasteiger partial charge < -0.3 is 20.1 Å². The van der Waals surface area contributed by atoms with E-state index in [0.29, 0.717) is 12.0 Å². The van der Waals surface area contributed by atoms with Gasteiger partial charge in [-0.25, -0.2) is 4.79 Å². The second-order valence-electron chi connectivity index (χ2n) is 8.44. The van der Waals surface area contributed by atoms with Gasteiger partial charge in [0.15, 0.2) is 11.5 Å². The van der Waals surface area contributed by atoms with Gasteiger partial charge in [-0.3, -0.25) is 0 Å². The van der Waals surface area contributed by atoms with Crippen molar-refractivity contribution in [2.24, 2.45) is 5.92 Å². The van der Waals surface area contributed by atoms with Crippen molar-refractivity contribution < 1.29 is 24.9 Å². The molecule has 5 nitrogen and oxygen atoms in total. The molecule has 174 valence electrons. The van der Waals surface area contributed by atoms with Gasteiger partial charge in [-0.1, -0.05) is 47.1 Å². The number of phenols is 2.